The summed E-state index contributed by atoms with van der Waals surface area (Å²) in [6.45, 7) is 8.56. The van der Waals surface area contributed by atoms with Crippen molar-refractivity contribution in [1.82, 2.24) is 4.90 Å². The summed E-state index contributed by atoms with van der Waals surface area (Å²) in [6, 6.07) is 0. The Hall–Kier alpha value is -0.570. The second kappa shape index (κ2) is 17.5. The van der Waals surface area contributed by atoms with Gasteiger partial charge in [-0.05, 0) is 6.92 Å². The Bertz CT molecular complexity index is 90.9. The number of amides is 1. The molecule has 0 aromatic rings. The maximum atomic E-state index is 10.1. The summed E-state index contributed by atoms with van der Waals surface area (Å²) in [5.41, 5.74) is 0. The Labute approximate surface area is 83.1 Å². The summed E-state index contributed by atoms with van der Waals surface area (Å²) >= 11 is 0. The Balaban J connectivity index is -0.000000125. The number of methoxy groups -OCH3 is 1. The normalized spacial score (nSPS) is 7.31. The molecule has 0 fully saturated rings. The van der Waals surface area contributed by atoms with E-state index in [1.807, 2.05) is 6.92 Å². The van der Waals surface area contributed by atoms with Crippen LogP contribution in [0.1, 0.15) is 34.1 Å². The van der Waals surface area contributed by atoms with Crippen molar-refractivity contribution < 1.29 is 9.53 Å². The average molecular weight is 191 g/mol. The lowest BCUT2D eigenvalue weighted by Gasteiger charge is -2.02. The van der Waals surface area contributed by atoms with Crippen LogP contribution in [0.3, 0.4) is 0 Å². The lowest BCUT2D eigenvalue weighted by atomic mass is 10.6. The van der Waals surface area contributed by atoms with Crippen molar-refractivity contribution in [3.05, 3.63) is 0 Å². The fraction of sp³-hybridized carbons (Fsp3) is 0.900. The molecule has 0 aliphatic heterocycles. The Morgan fingerprint density at radius 2 is 1.38 bits per heavy atom. The summed E-state index contributed by atoms with van der Waals surface area (Å²) in [7, 11) is 5.13. The second-order valence-electron chi connectivity index (χ2n) is 2.70. The molecule has 0 atom stereocenters. The Morgan fingerprint density at radius 3 is 1.38 bits per heavy atom. The first-order chi connectivity index (χ1) is 5.97. The molecule has 0 N–H and O–H groups in total. The summed E-state index contributed by atoms with van der Waals surface area (Å²) in [5, 5.41) is 0. The van der Waals surface area contributed by atoms with E-state index in [1.165, 1.54) is 18.2 Å². The summed E-state index contributed by atoms with van der Waals surface area (Å²) in [4.78, 5) is 11.6. The van der Waals surface area contributed by atoms with Gasteiger partial charge in [0.1, 0.15) is 0 Å². The van der Waals surface area contributed by atoms with E-state index in [9.17, 15) is 4.79 Å². The fourth-order valence-electron chi connectivity index (χ4n) is 0. The van der Waals surface area contributed by atoms with Crippen molar-refractivity contribution in [3.8, 4) is 0 Å². The van der Waals surface area contributed by atoms with Gasteiger partial charge in [-0.25, -0.2) is 0 Å². The third-order valence-electron chi connectivity index (χ3n) is 0.918. The van der Waals surface area contributed by atoms with Crippen molar-refractivity contribution in [3.63, 3.8) is 0 Å². The minimum atomic E-state index is 0.0926. The van der Waals surface area contributed by atoms with Crippen LogP contribution < -0.4 is 0 Å². The molecule has 0 bridgehead atoms. The summed E-state index contributed by atoms with van der Waals surface area (Å²) < 4.78 is 4.54. The molecular weight excluding hydrogens is 166 g/mol. The topological polar surface area (TPSA) is 29.5 Å². The third kappa shape index (κ3) is 51.8. The second-order valence-corrected chi connectivity index (χ2v) is 2.70. The number of hydrogen-bond acceptors (Lipinski definition) is 2. The number of ether oxygens (including phenoxy) is 1. The van der Waals surface area contributed by atoms with Gasteiger partial charge in [-0.2, -0.15) is 0 Å². The van der Waals surface area contributed by atoms with Gasteiger partial charge in [0.15, 0.2) is 0 Å². The van der Waals surface area contributed by atoms with Crippen LogP contribution in [0.2, 0.25) is 0 Å². The molecule has 0 heterocycles. The molecule has 0 aromatic heterocycles. The minimum Gasteiger partial charge on any atom is -0.385 e. The van der Waals surface area contributed by atoms with Crippen LogP contribution in [0, 0.1) is 0 Å². The van der Waals surface area contributed by atoms with Gasteiger partial charge in [-0.3, -0.25) is 4.79 Å². The zero-order valence-corrected chi connectivity index (χ0v) is 10.2. The van der Waals surface area contributed by atoms with Gasteiger partial charge in [0.05, 0.1) is 0 Å². The van der Waals surface area contributed by atoms with Crippen molar-refractivity contribution >= 4 is 5.91 Å². The molecule has 0 aromatic carbocycles. The minimum absolute atomic E-state index is 0.0926. The van der Waals surface area contributed by atoms with Crippen LogP contribution in [-0.4, -0.2) is 38.6 Å². The van der Waals surface area contributed by atoms with Crippen LogP contribution in [0.15, 0.2) is 0 Å². The fourth-order valence-corrected chi connectivity index (χ4v) is 0. The van der Waals surface area contributed by atoms with E-state index in [4.69, 9.17) is 0 Å². The van der Waals surface area contributed by atoms with E-state index < -0.39 is 0 Å². The average Bonchev–Trinajstić information content (AvgIpc) is 2.06. The molecule has 1 amide bonds. The van der Waals surface area contributed by atoms with Crippen LogP contribution in [-0.2, 0) is 9.53 Å². The van der Waals surface area contributed by atoms with E-state index in [0.717, 1.165) is 6.61 Å². The highest BCUT2D eigenvalue weighted by molar-refractivity contribution is 5.72. The van der Waals surface area contributed by atoms with Crippen LogP contribution in [0.25, 0.3) is 0 Å². The quantitative estimate of drug-likeness (QED) is 0.635. The molecule has 0 saturated carbocycles. The lowest BCUT2D eigenvalue weighted by Crippen LogP contribution is -2.17. The summed E-state index contributed by atoms with van der Waals surface area (Å²) in [5.74, 6) is 0.0926. The number of nitrogens with zero attached hydrogens (tertiary/aromatic N) is 1. The SMILES string of the molecule is CC(=O)N(C)C.CCC.CCOC. The van der Waals surface area contributed by atoms with Crippen LogP contribution in [0.5, 0.6) is 0 Å². The monoisotopic (exact) mass is 191 g/mol. The van der Waals surface area contributed by atoms with Gasteiger partial charge < -0.3 is 9.64 Å². The molecule has 0 unspecified atom stereocenters. The molecule has 3 heteroatoms. The van der Waals surface area contributed by atoms with Gasteiger partial charge in [0, 0.05) is 34.7 Å². The number of carbonyl (C=O) groups excluding carboxylic acids is 1. The van der Waals surface area contributed by atoms with Gasteiger partial charge in [0.25, 0.3) is 0 Å². The van der Waals surface area contributed by atoms with Gasteiger partial charge >= 0.3 is 0 Å². The molecule has 0 aliphatic rings. The standard InChI is InChI=1S/C4H9NO.C3H8O.C3H8/c1-4(6)5(2)3;1-3-4-2;1-3-2/h1-3H3;3H2,1-2H3;3H2,1-2H3. The van der Waals surface area contributed by atoms with E-state index in [-0.39, 0.29) is 5.91 Å². The van der Waals surface area contributed by atoms with Crippen molar-refractivity contribution in [1.29, 1.82) is 0 Å². The largest absolute Gasteiger partial charge is 0.385 e. The maximum absolute atomic E-state index is 10.1. The Morgan fingerprint density at radius 1 is 1.23 bits per heavy atom. The zero-order valence-electron chi connectivity index (χ0n) is 10.2. The van der Waals surface area contributed by atoms with Crippen LogP contribution >= 0.6 is 0 Å². The third-order valence-corrected chi connectivity index (χ3v) is 0.918. The molecular formula is C10H25NO2. The molecule has 0 rings (SSSR count). The molecule has 0 saturated heterocycles. The summed E-state index contributed by atoms with van der Waals surface area (Å²) in [6.07, 6.45) is 1.25. The first-order valence-electron chi connectivity index (χ1n) is 4.64. The molecule has 0 spiro atoms. The molecule has 3 nitrogen and oxygen atoms in total. The maximum Gasteiger partial charge on any atom is 0.218 e. The number of hydrogen-bond donors (Lipinski definition) is 0. The van der Waals surface area contributed by atoms with Gasteiger partial charge in [-0.15, -0.1) is 0 Å². The molecule has 0 aliphatic carbocycles. The predicted molar refractivity (Wildman–Crippen MR) is 57.9 cm³/mol. The zero-order chi connectivity index (χ0) is 11.3. The van der Waals surface area contributed by atoms with Crippen molar-refractivity contribution in [2.24, 2.45) is 0 Å². The predicted octanol–water partition coefficient (Wildman–Crippen LogP) is 2.16. The van der Waals surface area contributed by atoms with Crippen molar-refractivity contribution in [2.75, 3.05) is 27.8 Å². The van der Waals surface area contributed by atoms with E-state index in [0.29, 0.717) is 0 Å². The van der Waals surface area contributed by atoms with Gasteiger partial charge in [-0.1, -0.05) is 20.3 Å². The molecule has 0 radical (unpaired) electrons. The van der Waals surface area contributed by atoms with Gasteiger partial charge in [0.2, 0.25) is 5.91 Å². The lowest BCUT2D eigenvalue weighted by molar-refractivity contribution is -0.126. The highest BCUT2D eigenvalue weighted by Crippen LogP contribution is 1.69. The number of rotatable bonds is 1. The first-order valence-corrected chi connectivity index (χ1v) is 4.64. The molecule has 13 heavy (non-hydrogen) atoms. The van der Waals surface area contributed by atoms with E-state index in [2.05, 4.69) is 18.6 Å². The Kier molecular flexibility index (Phi) is 24.6. The van der Waals surface area contributed by atoms with E-state index >= 15 is 0 Å². The van der Waals surface area contributed by atoms with Crippen LogP contribution in [0.4, 0.5) is 0 Å². The first kappa shape index (κ1) is 18.3. The highest BCUT2D eigenvalue weighted by atomic mass is 16.5. The van der Waals surface area contributed by atoms with Crippen molar-refractivity contribution in [2.45, 2.75) is 34.1 Å². The van der Waals surface area contributed by atoms with E-state index in [1.54, 1.807) is 21.2 Å². The number of carbonyl (C=O) groups is 1. The highest BCUT2D eigenvalue weighted by Gasteiger charge is 1.87. The smallest absolute Gasteiger partial charge is 0.218 e. The molecule has 82 valence electrons.